The minimum atomic E-state index is -1.08. The van der Waals surface area contributed by atoms with Crippen LogP contribution in [0.4, 0.5) is 5.69 Å². The predicted molar refractivity (Wildman–Crippen MR) is 215 cm³/mol. The third-order valence-corrected chi connectivity index (χ3v) is 13.8. The van der Waals surface area contributed by atoms with E-state index in [2.05, 4.69) is 48.2 Å². The Hall–Kier alpha value is -3.53. The zero-order valence-corrected chi connectivity index (χ0v) is 33.5. The molecule has 3 aromatic rings. The lowest BCUT2D eigenvalue weighted by molar-refractivity contribution is -0.144. The molecule has 10 heteroatoms. The number of nitrogens with zero attached hydrogens (tertiary/aromatic N) is 2. The average molecular weight is 772 g/mol. The molecule has 5 aliphatic rings. The normalized spacial score (nSPS) is 29.3. The Morgan fingerprint density at radius 1 is 1.07 bits per heavy atom. The van der Waals surface area contributed by atoms with Gasteiger partial charge in [-0.25, -0.2) is 4.79 Å². The van der Waals surface area contributed by atoms with Crippen LogP contribution >= 0.6 is 11.6 Å². The molecule has 3 aliphatic carbocycles. The standard InChI is InChI=1S/C45H58ClN3O6/c1-29(25-53-39-12-17-47-38-11-4-7-30(2)42(38)39)19-33-20-32-21-40-41(55-27-31(26-54-40)24-49(3)36-10-6-18-52-28-36)23-37(32)44(33)13-15-45(16-14-44,43(50)51)48-35-9-5-8-34(46)22-35/h5,8-9,12,17,21-23,29-31,33,36,48H,4,6-7,10-11,13-16,18-20,24-28H2,1-3H3,(H,50,51)/t29-,30-,31?,33+,36?,44-,45-/m1/s1. The number of aromatic nitrogens is 1. The monoisotopic (exact) mass is 771 g/mol. The van der Waals surface area contributed by atoms with Gasteiger partial charge in [-0.2, -0.15) is 0 Å². The van der Waals surface area contributed by atoms with Gasteiger partial charge in [0.2, 0.25) is 0 Å². The molecule has 2 unspecified atom stereocenters. The van der Waals surface area contributed by atoms with Crippen LogP contribution in [-0.2, 0) is 27.8 Å². The number of carbonyl (C=O) groups is 1. The summed E-state index contributed by atoms with van der Waals surface area (Å²) in [6.07, 6.45) is 11.9. The molecule has 1 aromatic heterocycles. The van der Waals surface area contributed by atoms with E-state index in [-0.39, 0.29) is 11.3 Å². The largest absolute Gasteiger partial charge is 0.493 e. The van der Waals surface area contributed by atoms with Gasteiger partial charge in [-0.3, -0.25) is 4.98 Å². The van der Waals surface area contributed by atoms with Crippen LogP contribution in [0.25, 0.3) is 0 Å². The van der Waals surface area contributed by atoms with Crippen LogP contribution in [0.1, 0.15) is 99.9 Å². The lowest BCUT2D eigenvalue weighted by Gasteiger charge is -2.47. The van der Waals surface area contributed by atoms with E-state index in [1.165, 1.54) is 35.2 Å². The zero-order valence-electron chi connectivity index (χ0n) is 32.8. The van der Waals surface area contributed by atoms with Crippen molar-refractivity contribution in [1.29, 1.82) is 0 Å². The second kappa shape index (κ2) is 16.1. The Labute approximate surface area is 331 Å². The number of halogens is 1. The van der Waals surface area contributed by atoms with Crippen LogP contribution in [0.15, 0.2) is 48.7 Å². The molecule has 8 rings (SSSR count). The van der Waals surface area contributed by atoms with Crippen molar-refractivity contribution in [2.75, 3.05) is 51.9 Å². The lowest BCUT2D eigenvalue weighted by atomic mass is 9.59. The number of ether oxygens (including phenoxy) is 4. The van der Waals surface area contributed by atoms with Crippen molar-refractivity contribution in [2.24, 2.45) is 17.8 Å². The first kappa shape index (κ1) is 38.3. The topological polar surface area (TPSA) is 102 Å². The minimum Gasteiger partial charge on any atom is -0.493 e. The first-order chi connectivity index (χ1) is 26.6. The van der Waals surface area contributed by atoms with Gasteiger partial charge in [0.25, 0.3) is 0 Å². The molecule has 0 amide bonds. The predicted octanol–water partition coefficient (Wildman–Crippen LogP) is 8.70. The molecule has 2 N–H and O–H groups in total. The van der Waals surface area contributed by atoms with Gasteiger partial charge in [-0.1, -0.05) is 31.5 Å². The van der Waals surface area contributed by atoms with E-state index in [0.717, 1.165) is 87.6 Å². The number of aliphatic carboxylic acids is 1. The lowest BCUT2D eigenvalue weighted by Crippen LogP contribution is -2.53. The quantitative estimate of drug-likeness (QED) is 0.198. The van der Waals surface area contributed by atoms with E-state index < -0.39 is 11.5 Å². The summed E-state index contributed by atoms with van der Waals surface area (Å²) >= 11 is 6.33. The van der Waals surface area contributed by atoms with E-state index in [0.29, 0.717) is 61.5 Å². The second-order valence-electron chi connectivity index (χ2n) is 17.4. The number of hydrogen-bond acceptors (Lipinski definition) is 8. The molecular weight excluding hydrogens is 714 g/mol. The molecule has 5 atom stereocenters. The minimum absolute atomic E-state index is 0.186. The number of anilines is 1. The third kappa shape index (κ3) is 7.91. The van der Waals surface area contributed by atoms with Crippen LogP contribution in [0.5, 0.6) is 17.2 Å². The summed E-state index contributed by atoms with van der Waals surface area (Å²) in [6, 6.07) is 14.4. The van der Waals surface area contributed by atoms with E-state index in [9.17, 15) is 9.90 Å². The van der Waals surface area contributed by atoms with E-state index >= 15 is 0 Å². The van der Waals surface area contributed by atoms with Gasteiger partial charge in [-0.15, -0.1) is 0 Å². The van der Waals surface area contributed by atoms with Gasteiger partial charge < -0.3 is 34.3 Å². The second-order valence-corrected chi connectivity index (χ2v) is 17.9. The molecule has 2 aromatic carbocycles. The summed E-state index contributed by atoms with van der Waals surface area (Å²) in [7, 11) is 2.19. The summed E-state index contributed by atoms with van der Waals surface area (Å²) in [6.45, 7) is 8.97. The van der Waals surface area contributed by atoms with Gasteiger partial charge in [0.1, 0.15) is 11.3 Å². The highest BCUT2D eigenvalue weighted by atomic mass is 35.5. The fraction of sp³-hybridized carbons (Fsp3) is 0.600. The maximum Gasteiger partial charge on any atom is 0.329 e. The highest BCUT2D eigenvalue weighted by Crippen LogP contribution is 2.58. The fourth-order valence-electron chi connectivity index (χ4n) is 10.5. The summed E-state index contributed by atoms with van der Waals surface area (Å²) < 4.78 is 25.5. The van der Waals surface area contributed by atoms with Crippen LogP contribution < -0.4 is 19.5 Å². The van der Waals surface area contributed by atoms with E-state index in [4.69, 9.17) is 30.5 Å². The number of pyridine rings is 1. The molecule has 1 spiro atoms. The average Bonchev–Trinajstić information content (AvgIpc) is 3.31. The van der Waals surface area contributed by atoms with Crippen molar-refractivity contribution >= 4 is 23.3 Å². The molecule has 2 fully saturated rings. The number of likely N-dealkylation sites (N-methyl/N-ethyl adjacent to an activating group) is 1. The SMILES string of the molecule is C[C@@H](COc1ccnc2c1[C@H](C)CCC2)C[C@H]1Cc2cc3c(cc2[C@]12CC[C@@](Nc1cccc(Cl)c1)(C(=O)O)CC2)OCC(CN(C)C1CCCOC1)CO3. The molecule has 0 bridgehead atoms. The summed E-state index contributed by atoms with van der Waals surface area (Å²) in [5, 5.41) is 14.7. The Morgan fingerprint density at radius 3 is 2.62 bits per heavy atom. The summed E-state index contributed by atoms with van der Waals surface area (Å²) in [5.41, 5.74) is 4.55. The smallest absolute Gasteiger partial charge is 0.329 e. The third-order valence-electron chi connectivity index (χ3n) is 13.6. The number of benzene rings is 2. The zero-order chi connectivity index (χ0) is 38.2. The van der Waals surface area contributed by atoms with Crippen molar-refractivity contribution in [1.82, 2.24) is 9.88 Å². The van der Waals surface area contributed by atoms with E-state index in [1.54, 1.807) is 0 Å². The molecule has 0 radical (unpaired) electrons. The molecular formula is C45H58ClN3O6. The number of rotatable bonds is 11. The number of carboxylic acid groups (broad SMARTS) is 1. The maximum atomic E-state index is 13.1. The number of aryl methyl sites for hydroxylation is 1. The van der Waals surface area contributed by atoms with Crippen molar-refractivity contribution < 1.29 is 28.8 Å². The van der Waals surface area contributed by atoms with Crippen LogP contribution in [0.3, 0.4) is 0 Å². The number of fused-ring (bicyclic) bond motifs is 4. The van der Waals surface area contributed by atoms with Crippen LogP contribution in [0, 0.1) is 17.8 Å². The van der Waals surface area contributed by atoms with Gasteiger partial charge in [0.05, 0.1) is 26.4 Å². The number of carboxylic acids is 1. The maximum absolute atomic E-state index is 13.1. The van der Waals surface area contributed by atoms with Crippen molar-refractivity contribution in [2.45, 2.75) is 107 Å². The highest BCUT2D eigenvalue weighted by Gasteiger charge is 2.54. The van der Waals surface area contributed by atoms with Crippen molar-refractivity contribution in [3.63, 3.8) is 0 Å². The van der Waals surface area contributed by atoms with E-state index in [1.807, 2.05) is 36.5 Å². The Balaban J connectivity index is 1.03. The molecule has 9 nitrogen and oxygen atoms in total. The highest BCUT2D eigenvalue weighted by molar-refractivity contribution is 6.30. The number of nitrogens with one attached hydrogen (secondary N) is 1. The number of hydrogen-bond donors (Lipinski definition) is 2. The molecule has 1 saturated heterocycles. The molecule has 55 heavy (non-hydrogen) atoms. The molecule has 1 saturated carbocycles. The Morgan fingerprint density at radius 2 is 1.87 bits per heavy atom. The fourth-order valence-corrected chi connectivity index (χ4v) is 10.7. The van der Waals surface area contributed by atoms with Crippen molar-refractivity contribution in [3.8, 4) is 17.2 Å². The van der Waals surface area contributed by atoms with Gasteiger partial charge in [-0.05, 0) is 148 Å². The van der Waals surface area contributed by atoms with Crippen LogP contribution in [0.2, 0.25) is 5.02 Å². The van der Waals surface area contributed by atoms with Crippen LogP contribution in [-0.4, -0.2) is 79.2 Å². The van der Waals surface area contributed by atoms with Gasteiger partial charge >= 0.3 is 5.97 Å². The van der Waals surface area contributed by atoms with Gasteiger partial charge in [0, 0.05) is 53.3 Å². The summed E-state index contributed by atoms with van der Waals surface area (Å²) in [5.74, 6) is 3.13. The first-order valence-corrected chi connectivity index (χ1v) is 21.1. The molecule has 2 aliphatic heterocycles. The molecule has 296 valence electrons. The van der Waals surface area contributed by atoms with Crippen molar-refractivity contribution in [3.05, 3.63) is 76.1 Å². The summed E-state index contributed by atoms with van der Waals surface area (Å²) in [4.78, 5) is 20.2. The Kier molecular flexibility index (Phi) is 11.3. The Bertz CT molecular complexity index is 1840. The first-order valence-electron chi connectivity index (χ1n) is 20.7. The molecule has 3 heterocycles. The van der Waals surface area contributed by atoms with Gasteiger partial charge in [0.15, 0.2) is 11.5 Å².